The first-order valence-corrected chi connectivity index (χ1v) is 14.8. The van der Waals surface area contributed by atoms with E-state index in [0.717, 1.165) is 50.7 Å². The molecule has 3 unspecified atom stereocenters. The zero-order chi connectivity index (χ0) is 27.1. The van der Waals surface area contributed by atoms with E-state index in [2.05, 4.69) is 0 Å². The minimum atomic E-state index is -1.81. The Morgan fingerprint density at radius 2 is 1.67 bits per heavy atom. The fourth-order valence-corrected chi connectivity index (χ4v) is 6.32. The Morgan fingerprint density at radius 3 is 2.28 bits per heavy atom. The summed E-state index contributed by atoms with van der Waals surface area (Å²) in [5.74, 6) is 0.420. The molecule has 4 heterocycles. The highest BCUT2D eigenvalue weighted by atomic mass is 32.2. The third-order valence-corrected chi connectivity index (χ3v) is 9.05. The molecule has 1 aromatic heterocycles. The summed E-state index contributed by atoms with van der Waals surface area (Å²) in [5, 5.41) is 5.32. The van der Waals surface area contributed by atoms with Gasteiger partial charge in [0.2, 0.25) is 5.88 Å². The summed E-state index contributed by atoms with van der Waals surface area (Å²) in [6.07, 6.45) is 4.10. The highest BCUT2D eigenvalue weighted by Gasteiger charge is 2.44. The van der Waals surface area contributed by atoms with Gasteiger partial charge in [0.25, 0.3) is 11.8 Å². The Morgan fingerprint density at radius 1 is 1.00 bits per heavy atom. The standard InChI is InChI=1S/C28H33FN4O5S/c29-24-11-22(39(30)36)3-4-23(24)28(35)33-14-20-12-32(13-21(20)15-33)27(34)19-9-25(18-1-2-18)31-26(10-19)38-16-17-5-7-37-8-6-17/h3-4,9-11,17-18,20-21H,1-2,5-8,12-16,30H2. The van der Waals surface area contributed by atoms with Crippen LogP contribution in [0.3, 0.4) is 0 Å². The second-order valence-electron chi connectivity index (χ2n) is 11.1. The normalized spacial score (nSPS) is 24.1. The number of likely N-dealkylation sites (tertiary alicyclic amines) is 2. The Bertz CT molecular complexity index is 1280. The number of fused-ring (bicyclic) bond motifs is 1. The summed E-state index contributed by atoms with van der Waals surface area (Å²) in [4.78, 5) is 34.9. The molecule has 3 aliphatic heterocycles. The molecule has 2 amide bonds. The third-order valence-electron chi connectivity index (χ3n) is 8.34. The highest BCUT2D eigenvalue weighted by molar-refractivity contribution is 7.82. The number of carbonyl (C=O) groups excluding carboxylic acids is 2. The van der Waals surface area contributed by atoms with Gasteiger partial charge in [-0.1, -0.05) is 0 Å². The Hall–Kier alpha value is -2.89. The van der Waals surface area contributed by atoms with Gasteiger partial charge in [-0.15, -0.1) is 0 Å². The van der Waals surface area contributed by atoms with E-state index in [9.17, 15) is 18.2 Å². The fraction of sp³-hybridized carbons (Fsp3) is 0.536. The first-order valence-electron chi connectivity index (χ1n) is 13.6. The monoisotopic (exact) mass is 556 g/mol. The molecule has 0 bridgehead atoms. The van der Waals surface area contributed by atoms with Gasteiger partial charge in [0.15, 0.2) is 0 Å². The predicted molar refractivity (Wildman–Crippen MR) is 141 cm³/mol. The van der Waals surface area contributed by atoms with Crippen molar-refractivity contribution in [2.75, 3.05) is 46.0 Å². The lowest BCUT2D eigenvalue weighted by Crippen LogP contribution is -2.36. The van der Waals surface area contributed by atoms with Crippen molar-refractivity contribution in [3.05, 3.63) is 53.0 Å². The largest absolute Gasteiger partial charge is 0.477 e. The molecule has 3 atom stereocenters. The summed E-state index contributed by atoms with van der Waals surface area (Å²) >= 11 is 0. The first kappa shape index (κ1) is 26.3. The molecule has 208 valence electrons. The van der Waals surface area contributed by atoms with Crippen LogP contribution in [0.5, 0.6) is 5.88 Å². The van der Waals surface area contributed by atoms with Crippen LogP contribution in [0.4, 0.5) is 4.39 Å². The van der Waals surface area contributed by atoms with E-state index >= 15 is 0 Å². The lowest BCUT2D eigenvalue weighted by molar-refractivity contribution is 0.0490. The number of nitrogens with two attached hydrogens (primary N) is 1. The number of ether oxygens (including phenoxy) is 2. The van der Waals surface area contributed by atoms with E-state index in [1.807, 2.05) is 11.0 Å². The van der Waals surface area contributed by atoms with Gasteiger partial charge in [0.1, 0.15) is 16.8 Å². The van der Waals surface area contributed by atoms with Crippen LogP contribution in [0.2, 0.25) is 0 Å². The van der Waals surface area contributed by atoms with E-state index in [-0.39, 0.29) is 28.2 Å². The van der Waals surface area contributed by atoms with Crippen LogP contribution in [-0.2, 0) is 15.7 Å². The zero-order valence-electron chi connectivity index (χ0n) is 21.7. The molecular formula is C28H33FN4O5S. The van der Waals surface area contributed by atoms with Crippen molar-refractivity contribution >= 4 is 22.8 Å². The number of halogens is 1. The second kappa shape index (κ2) is 10.9. The molecule has 39 heavy (non-hydrogen) atoms. The highest BCUT2D eigenvalue weighted by Crippen LogP contribution is 2.40. The van der Waals surface area contributed by atoms with Crippen molar-refractivity contribution in [1.82, 2.24) is 14.8 Å². The summed E-state index contributed by atoms with van der Waals surface area (Å²) in [6, 6.07) is 7.47. The quantitative estimate of drug-likeness (QED) is 0.561. The Balaban J connectivity index is 1.10. The SMILES string of the molecule is NS(=O)c1ccc(C(=O)N2CC3CN(C(=O)c4cc(OCC5CCOCC5)nc(C5CC5)c4)CC3C2)c(F)c1. The van der Waals surface area contributed by atoms with Crippen molar-refractivity contribution in [1.29, 1.82) is 0 Å². The topological polar surface area (TPSA) is 115 Å². The van der Waals surface area contributed by atoms with Gasteiger partial charge in [-0.3, -0.25) is 9.59 Å². The lowest BCUT2D eigenvalue weighted by Gasteiger charge is -2.23. The minimum Gasteiger partial charge on any atom is -0.477 e. The van der Waals surface area contributed by atoms with E-state index in [1.165, 1.54) is 12.1 Å². The average Bonchev–Trinajstić information content (AvgIpc) is 3.61. The maximum absolute atomic E-state index is 14.5. The van der Waals surface area contributed by atoms with Gasteiger partial charge in [0.05, 0.1) is 17.1 Å². The maximum atomic E-state index is 14.5. The van der Waals surface area contributed by atoms with Crippen LogP contribution in [0, 0.1) is 23.6 Å². The van der Waals surface area contributed by atoms with E-state index < -0.39 is 22.7 Å². The smallest absolute Gasteiger partial charge is 0.256 e. The number of nitrogens with zero attached hydrogens (tertiary/aromatic N) is 3. The first-order chi connectivity index (χ1) is 18.9. The molecule has 4 aliphatic rings. The number of rotatable bonds is 7. The molecule has 1 saturated carbocycles. The summed E-state index contributed by atoms with van der Waals surface area (Å²) in [7, 11) is -1.81. The van der Waals surface area contributed by atoms with Crippen LogP contribution in [0.25, 0.3) is 0 Å². The van der Waals surface area contributed by atoms with Crippen molar-refractivity contribution < 1.29 is 27.7 Å². The van der Waals surface area contributed by atoms with E-state index in [1.54, 1.807) is 11.0 Å². The maximum Gasteiger partial charge on any atom is 0.256 e. The summed E-state index contributed by atoms with van der Waals surface area (Å²) < 4.78 is 37.4. The third kappa shape index (κ3) is 5.71. The molecule has 3 saturated heterocycles. The number of pyridine rings is 1. The lowest BCUT2D eigenvalue weighted by atomic mass is 10.0. The van der Waals surface area contributed by atoms with E-state index in [0.29, 0.717) is 56.1 Å². The predicted octanol–water partition coefficient (Wildman–Crippen LogP) is 2.73. The molecule has 1 aromatic carbocycles. The number of hydrogen-bond acceptors (Lipinski definition) is 6. The molecule has 9 nitrogen and oxygen atoms in total. The number of hydrogen-bond donors (Lipinski definition) is 1. The Labute approximate surface area is 229 Å². The van der Waals surface area contributed by atoms with Crippen LogP contribution in [-0.4, -0.2) is 76.8 Å². The molecule has 11 heteroatoms. The van der Waals surface area contributed by atoms with Crippen LogP contribution >= 0.6 is 0 Å². The van der Waals surface area contributed by atoms with Gasteiger partial charge in [-0.2, -0.15) is 0 Å². The minimum absolute atomic E-state index is 0.0427. The number of aromatic nitrogens is 1. The van der Waals surface area contributed by atoms with Crippen molar-refractivity contribution in [3.63, 3.8) is 0 Å². The second-order valence-corrected chi connectivity index (χ2v) is 12.2. The van der Waals surface area contributed by atoms with Gasteiger partial charge in [-0.05, 0) is 55.9 Å². The molecule has 4 fully saturated rings. The molecule has 1 aliphatic carbocycles. The van der Waals surface area contributed by atoms with E-state index in [4.69, 9.17) is 19.6 Å². The molecular weight excluding hydrogens is 523 g/mol. The molecule has 6 rings (SSSR count). The average molecular weight is 557 g/mol. The molecule has 2 N–H and O–H groups in total. The van der Waals surface area contributed by atoms with Gasteiger partial charge in [0, 0.05) is 74.5 Å². The van der Waals surface area contributed by atoms with Crippen LogP contribution in [0.15, 0.2) is 35.2 Å². The number of benzene rings is 1. The number of carbonyl (C=O) groups is 2. The van der Waals surface area contributed by atoms with Gasteiger partial charge in [-0.25, -0.2) is 18.7 Å². The summed E-state index contributed by atoms with van der Waals surface area (Å²) in [5.41, 5.74) is 1.46. The fourth-order valence-electron chi connectivity index (χ4n) is 5.90. The van der Waals surface area contributed by atoms with Crippen LogP contribution in [0.1, 0.15) is 58.0 Å². The van der Waals surface area contributed by atoms with Gasteiger partial charge >= 0.3 is 0 Å². The van der Waals surface area contributed by atoms with Crippen molar-refractivity contribution in [3.8, 4) is 5.88 Å². The number of amides is 2. The van der Waals surface area contributed by atoms with Crippen molar-refractivity contribution in [2.24, 2.45) is 22.9 Å². The molecule has 0 spiro atoms. The zero-order valence-corrected chi connectivity index (χ0v) is 22.5. The van der Waals surface area contributed by atoms with Crippen molar-refractivity contribution in [2.45, 2.75) is 36.5 Å². The molecule has 2 aromatic rings. The van der Waals surface area contributed by atoms with Crippen LogP contribution < -0.4 is 9.88 Å². The Kier molecular flexibility index (Phi) is 7.39. The molecule has 0 radical (unpaired) electrons. The van der Waals surface area contributed by atoms with Gasteiger partial charge < -0.3 is 19.3 Å². The summed E-state index contributed by atoms with van der Waals surface area (Å²) in [6.45, 7) is 4.08.